The molecule has 0 aliphatic rings. The molecule has 0 saturated heterocycles. The maximum Gasteiger partial charge on any atom is 0.323 e. The Labute approximate surface area is 137 Å². The van der Waals surface area contributed by atoms with E-state index in [1.807, 2.05) is 0 Å². The first-order valence-corrected chi connectivity index (χ1v) is 7.43. The van der Waals surface area contributed by atoms with Crippen LogP contribution in [0.25, 0.3) is 0 Å². The number of phenolic OH excluding ortho intramolecular Hbond substituents is 1. The lowest BCUT2D eigenvalue weighted by molar-refractivity contribution is 0.262. The summed E-state index contributed by atoms with van der Waals surface area (Å²) in [6.45, 7) is 0. The Morgan fingerprint density at radius 2 is 1.50 bits per heavy atom. The predicted octanol–water partition coefficient (Wildman–Crippen LogP) is 5.21. The summed E-state index contributed by atoms with van der Waals surface area (Å²) < 4.78 is 0.960. The molecule has 2 aromatic rings. The Hall–Kier alpha value is -1.24. The molecular formula is C13H9Br2ClN2O2. The molecule has 4 nitrogen and oxygen atoms in total. The number of aromatic hydroxyl groups is 1. The smallest absolute Gasteiger partial charge is 0.323 e. The summed E-state index contributed by atoms with van der Waals surface area (Å²) in [7, 11) is 0. The molecule has 0 aliphatic carbocycles. The van der Waals surface area contributed by atoms with Crippen LogP contribution in [-0.4, -0.2) is 11.1 Å². The van der Waals surface area contributed by atoms with Gasteiger partial charge in [-0.3, -0.25) is 0 Å². The minimum absolute atomic E-state index is 0.0775. The fraction of sp³-hybridized carbons (Fsp3) is 0. The SMILES string of the molecule is O=C(Nc1ccc(Cl)cc1)Nc1cc(Br)c(O)c(Br)c1. The fourth-order valence-electron chi connectivity index (χ4n) is 1.46. The van der Waals surface area contributed by atoms with Gasteiger partial charge in [0.25, 0.3) is 0 Å². The normalized spacial score (nSPS) is 10.2. The molecule has 2 aromatic carbocycles. The number of benzene rings is 2. The van der Waals surface area contributed by atoms with Gasteiger partial charge in [-0.1, -0.05) is 11.6 Å². The molecule has 2 rings (SSSR count). The van der Waals surface area contributed by atoms with E-state index in [-0.39, 0.29) is 5.75 Å². The van der Waals surface area contributed by atoms with Crippen molar-refractivity contribution in [2.24, 2.45) is 0 Å². The molecule has 2 amide bonds. The summed E-state index contributed by atoms with van der Waals surface area (Å²) in [5, 5.41) is 15.5. The summed E-state index contributed by atoms with van der Waals surface area (Å²) in [4.78, 5) is 11.8. The van der Waals surface area contributed by atoms with Gasteiger partial charge in [0.1, 0.15) is 5.75 Å². The topological polar surface area (TPSA) is 61.4 Å². The molecule has 0 bridgehead atoms. The monoisotopic (exact) mass is 418 g/mol. The van der Waals surface area contributed by atoms with Crippen LogP contribution in [0.1, 0.15) is 0 Å². The van der Waals surface area contributed by atoms with E-state index in [1.54, 1.807) is 36.4 Å². The van der Waals surface area contributed by atoms with Crippen LogP contribution in [0.4, 0.5) is 16.2 Å². The molecule has 3 N–H and O–H groups in total. The van der Waals surface area contributed by atoms with Crippen molar-refractivity contribution in [2.75, 3.05) is 10.6 Å². The Bertz CT molecular complexity index is 624. The highest BCUT2D eigenvalue weighted by Crippen LogP contribution is 2.35. The third kappa shape index (κ3) is 3.88. The van der Waals surface area contributed by atoms with Crippen LogP contribution in [0.2, 0.25) is 5.02 Å². The van der Waals surface area contributed by atoms with E-state index in [0.29, 0.717) is 25.3 Å². The number of carbonyl (C=O) groups excluding carboxylic acids is 1. The van der Waals surface area contributed by atoms with E-state index in [9.17, 15) is 9.90 Å². The molecule has 0 fully saturated rings. The molecule has 104 valence electrons. The van der Waals surface area contributed by atoms with Gasteiger partial charge >= 0.3 is 6.03 Å². The fourth-order valence-corrected chi connectivity index (χ4v) is 2.78. The zero-order chi connectivity index (χ0) is 14.7. The lowest BCUT2D eigenvalue weighted by atomic mass is 10.3. The average molecular weight is 420 g/mol. The van der Waals surface area contributed by atoms with Crippen molar-refractivity contribution in [1.29, 1.82) is 0 Å². The minimum Gasteiger partial charge on any atom is -0.506 e. The highest BCUT2D eigenvalue weighted by molar-refractivity contribution is 9.11. The number of hydrogen-bond acceptors (Lipinski definition) is 2. The standard InChI is InChI=1S/C13H9Br2ClN2O2/c14-10-5-9(6-11(15)12(10)19)18-13(20)17-8-3-1-7(16)2-4-8/h1-6,19H,(H2,17,18,20). The van der Waals surface area contributed by atoms with E-state index in [4.69, 9.17) is 11.6 Å². The number of anilines is 2. The number of nitrogens with one attached hydrogen (secondary N) is 2. The summed E-state index contributed by atoms with van der Waals surface area (Å²) >= 11 is 12.2. The van der Waals surface area contributed by atoms with E-state index in [1.165, 1.54) is 0 Å². The Balaban J connectivity index is 2.06. The highest BCUT2D eigenvalue weighted by atomic mass is 79.9. The zero-order valence-corrected chi connectivity index (χ0v) is 13.9. The molecule has 0 heterocycles. The second-order valence-electron chi connectivity index (χ2n) is 3.87. The maximum absolute atomic E-state index is 11.8. The summed E-state index contributed by atoms with van der Waals surface area (Å²) in [6, 6.07) is 9.57. The van der Waals surface area contributed by atoms with Crippen molar-refractivity contribution in [1.82, 2.24) is 0 Å². The van der Waals surface area contributed by atoms with E-state index in [2.05, 4.69) is 42.5 Å². The van der Waals surface area contributed by atoms with Gasteiger partial charge in [-0.25, -0.2) is 4.79 Å². The number of amides is 2. The van der Waals surface area contributed by atoms with Crippen LogP contribution < -0.4 is 10.6 Å². The van der Waals surface area contributed by atoms with Crippen molar-refractivity contribution < 1.29 is 9.90 Å². The number of halogens is 3. The average Bonchev–Trinajstić information content (AvgIpc) is 2.38. The van der Waals surface area contributed by atoms with Gasteiger partial charge in [-0.15, -0.1) is 0 Å². The van der Waals surface area contributed by atoms with E-state index in [0.717, 1.165) is 0 Å². The van der Waals surface area contributed by atoms with Crippen LogP contribution in [0, 0.1) is 0 Å². The number of phenols is 1. The number of hydrogen-bond donors (Lipinski definition) is 3. The Kier molecular flexibility index (Phi) is 4.91. The van der Waals surface area contributed by atoms with Gasteiger partial charge in [0, 0.05) is 16.4 Å². The lowest BCUT2D eigenvalue weighted by Crippen LogP contribution is -2.19. The lowest BCUT2D eigenvalue weighted by Gasteiger charge is -2.09. The molecule has 0 unspecified atom stereocenters. The largest absolute Gasteiger partial charge is 0.506 e. The molecule has 0 atom stereocenters. The third-order valence-corrected chi connectivity index (χ3v) is 3.84. The van der Waals surface area contributed by atoms with Gasteiger partial charge in [0.15, 0.2) is 0 Å². The maximum atomic E-state index is 11.8. The van der Waals surface area contributed by atoms with Crippen molar-refractivity contribution in [2.45, 2.75) is 0 Å². The molecule has 0 spiro atoms. The van der Waals surface area contributed by atoms with Gasteiger partial charge in [0.05, 0.1) is 8.95 Å². The second-order valence-corrected chi connectivity index (χ2v) is 6.02. The molecule has 20 heavy (non-hydrogen) atoms. The van der Waals surface area contributed by atoms with Gasteiger partial charge < -0.3 is 15.7 Å². The summed E-state index contributed by atoms with van der Waals surface area (Å²) in [5.41, 5.74) is 1.16. The van der Waals surface area contributed by atoms with Crippen molar-refractivity contribution >= 4 is 60.9 Å². The highest BCUT2D eigenvalue weighted by Gasteiger charge is 2.08. The molecule has 0 radical (unpaired) electrons. The van der Waals surface area contributed by atoms with Crippen molar-refractivity contribution in [3.63, 3.8) is 0 Å². The molecule has 7 heteroatoms. The van der Waals surface area contributed by atoms with Gasteiger partial charge in [-0.05, 0) is 68.3 Å². The van der Waals surface area contributed by atoms with Gasteiger partial charge in [-0.2, -0.15) is 0 Å². The van der Waals surface area contributed by atoms with Crippen LogP contribution in [0.15, 0.2) is 45.3 Å². The Morgan fingerprint density at radius 3 is 2.05 bits per heavy atom. The minimum atomic E-state index is -0.392. The third-order valence-electron chi connectivity index (χ3n) is 2.38. The van der Waals surface area contributed by atoms with Crippen molar-refractivity contribution in [3.05, 3.63) is 50.4 Å². The number of urea groups is 1. The Morgan fingerprint density at radius 1 is 1.00 bits per heavy atom. The second kappa shape index (κ2) is 6.47. The number of carbonyl (C=O) groups is 1. The van der Waals surface area contributed by atoms with Crippen molar-refractivity contribution in [3.8, 4) is 5.75 Å². The van der Waals surface area contributed by atoms with Crippen LogP contribution >= 0.6 is 43.5 Å². The van der Waals surface area contributed by atoms with Crippen LogP contribution in [0.3, 0.4) is 0 Å². The van der Waals surface area contributed by atoms with E-state index < -0.39 is 6.03 Å². The predicted molar refractivity (Wildman–Crippen MR) is 87.6 cm³/mol. The summed E-state index contributed by atoms with van der Waals surface area (Å²) in [6.07, 6.45) is 0. The first-order chi connectivity index (χ1) is 9.45. The molecular weight excluding hydrogens is 411 g/mol. The number of rotatable bonds is 2. The van der Waals surface area contributed by atoms with Gasteiger partial charge in [0.2, 0.25) is 0 Å². The van der Waals surface area contributed by atoms with Crippen LogP contribution in [-0.2, 0) is 0 Å². The molecule has 0 aromatic heterocycles. The first-order valence-electron chi connectivity index (χ1n) is 5.47. The quantitative estimate of drug-likeness (QED) is 0.584. The van der Waals surface area contributed by atoms with Crippen LogP contribution in [0.5, 0.6) is 5.75 Å². The first kappa shape index (κ1) is 15.2. The summed E-state index contributed by atoms with van der Waals surface area (Å²) in [5.74, 6) is 0.0775. The molecule has 0 saturated carbocycles. The zero-order valence-electron chi connectivity index (χ0n) is 9.95. The van der Waals surface area contributed by atoms with E-state index >= 15 is 0 Å². The molecule has 0 aliphatic heterocycles.